The molecule has 1 aromatic rings. The second-order valence-corrected chi connectivity index (χ2v) is 6.19. The quantitative estimate of drug-likeness (QED) is 0.888. The van der Waals surface area contributed by atoms with Crippen LogP contribution in [0.1, 0.15) is 31.9 Å². The molecule has 2 saturated heterocycles. The summed E-state index contributed by atoms with van der Waals surface area (Å²) in [6.07, 6.45) is 5.55. The van der Waals surface area contributed by atoms with Crippen molar-refractivity contribution in [1.82, 2.24) is 19.6 Å². The number of rotatable bonds is 4. The molecular formula is C15H27N5. The van der Waals surface area contributed by atoms with Gasteiger partial charge in [0.05, 0.1) is 5.69 Å². The minimum Gasteiger partial charge on any atom is -0.328 e. The molecule has 2 aliphatic heterocycles. The molecule has 1 unspecified atom stereocenters. The maximum absolute atomic E-state index is 6.00. The number of hydrogen-bond acceptors (Lipinski definition) is 4. The molecule has 0 spiro atoms. The third-order valence-corrected chi connectivity index (χ3v) is 4.83. The maximum atomic E-state index is 6.00. The summed E-state index contributed by atoms with van der Waals surface area (Å²) >= 11 is 0. The van der Waals surface area contributed by atoms with E-state index in [2.05, 4.69) is 32.6 Å². The van der Waals surface area contributed by atoms with Gasteiger partial charge in [-0.05, 0) is 45.3 Å². The summed E-state index contributed by atoms with van der Waals surface area (Å²) in [7, 11) is 0. The molecule has 3 heterocycles. The van der Waals surface area contributed by atoms with Crippen molar-refractivity contribution in [3.63, 3.8) is 0 Å². The summed E-state index contributed by atoms with van der Waals surface area (Å²) in [5, 5.41) is 4.36. The first kappa shape index (κ1) is 14.0. The highest BCUT2D eigenvalue weighted by molar-refractivity contribution is 5.01. The van der Waals surface area contributed by atoms with Crippen molar-refractivity contribution in [3.05, 3.63) is 18.0 Å². The smallest absolute Gasteiger partial charge is 0.0524 e. The van der Waals surface area contributed by atoms with Crippen LogP contribution >= 0.6 is 0 Å². The number of likely N-dealkylation sites (tertiary alicyclic amines) is 2. The monoisotopic (exact) mass is 277 g/mol. The van der Waals surface area contributed by atoms with E-state index in [4.69, 9.17) is 5.73 Å². The molecule has 1 atom stereocenters. The second kappa shape index (κ2) is 6.24. The second-order valence-electron chi connectivity index (χ2n) is 6.19. The molecule has 2 aliphatic rings. The molecule has 3 rings (SSSR count). The van der Waals surface area contributed by atoms with Gasteiger partial charge in [-0.1, -0.05) is 0 Å². The Balaban J connectivity index is 1.52. The molecule has 0 bridgehead atoms. The first-order chi connectivity index (χ1) is 9.76. The van der Waals surface area contributed by atoms with Crippen molar-refractivity contribution in [2.75, 3.05) is 26.2 Å². The van der Waals surface area contributed by atoms with E-state index < -0.39 is 0 Å². The maximum Gasteiger partial charge on any atom is 0.0524 e. The lowest BCUT2D eigenvalue weighted by atomic mass is 10.0. The Kier molecular flexibility index (Phi) is 4.38. The third-order valence-electron chi connectivity index (χ3n) is 4.83. The van der Waals surface area contributed by atoms with E-state index in [9.17, 15) is 0 Å². The van der Waals surface area contributed by atoms with Crippen LogP contribution in [0, 0.1) is 0 Å². The predicted octanol–water partition coefficient (Wildman–Crippen LogP) is 0.900. The zero-order valence-corrected chi connectivity index (χ0v) is 12.5. The molecule has 0 amide bonds. The number of aromatic nitrogens is 2. The van der Waals surface area contributed by atoms with Gasteiger partial charge < -0.3 is 5.73 Å². The summed E-state index contributed by atoms with van der Waals surface area (Å²) in [5.41, 5.74) is 7.34. The highest BCUT2D eigenvalue weighted by Gasteiger charge is 2.29. The number of hydrogen-bond donors (Lipinski definition) is 1. The largest absolute Gasteiger partial charge is 0.328 e. The molecule has 1 aromatic heterocycles. The van der Waals surface area contributed by atoms with Gasteiger partial charge in [0.1, 0.15) is 0 Å². The van der Waals surface area contributed by atoms with E-state index in [0.717, 1.165) is 19.1 Å². The minimum absolute atomic E-state index is 0.433. The Hall–Kier alpha value is -0.910. The normalized spacial score (nSPS) is 26.4. The standard InChI is InChI=1S/C15H27N5/c1-2-20-15(3-7-17-20)12-18-8-6-14(11-18)19-9-4-13(16)5-10-19/h3,7,13-14H,2,4-6,8-12,16H2,1H3. The summed E-state index contributed by atoms with van der Waals surface area (Å²) < 4.78 is 2.10. The van der Waals surface area contributed by atoms with E-state index in [1.807, 2.05) is 6.20 Å². The first-order valence-electron chi connectivity index (χ1n) is 7.99. The molecule has 0 aromatic carbocycles. The summed E-state index contributed by atoms with van der Waals surface area (Å²) in [6, 6.07) is 3.32. The fourth-order valence-electron chi connectivity index (χ4n) is 3.55. The highest BCUT2D eigenvalue weighted by Crippen LogP contribution is 2.21. The van der Waals surface area contributed by atoms with E-state index in [1.54, 1.807) is 0 Å². The van der Waals surface area contributed by atoms with Crippen molar-refractivity contribution in [3.8, 4) is 0 Å². The van der Waals surface area contributed by atoms with Gasteiger partial charge in [0.15, 0.2) is 0 Å². The minimum atomic E-state index is 0.433. The first-order valence-corrected chi connectivity index (χ1v) is 7.99. The van der Waals surface area contributed by atoms with Crippen molar-refractivity contribution >= 4 is 0 Å². The molecule has 5 nitrogen and oxygen atoms in total. The van der Waals surface area contributed by atoms with E-state index >= 15 is 0 Å². The van der Waals surface area contributed by atoms with Crippen molar-refractivity contribution in [1.29, 1.82) is 0 Å². The number of nitrogens with two attached hydrogens (primary N) is 1. The summed E-state index contributed by atoms with van der Waals surface area (Å²) in [6.45, 7) is 8.94. The van der Waals surface area contributed by atoms with E-state index in [-0.39, 0.29) is 0 Å². The number of nitrogens with zero attached hydrogens (tertiary/aromatic N) is 4. The van der Waals surface area contributed by atoms with Crippen LogP contribution in [0.15, 0.2) is 12.3 Å². The Morgan fingerprint density at radius 3 is 2.80 bits per heavy atom. The van der Waals surface area contributed by atoms with Gasteiger partial charge in [-0.15, -0.1) is 0 Å². The lowest BCUT2D eigenvalue weighted by Crippen LogP contribution is -2.46. The van der Waals surface area contributed by atoms with Crippen molar-refractivity contribution in [2.24, 2.45) is 5.73 Å². The van der Waals surface area contributed by atoms with Crippen molar-refractivity contribution < 1.29 is 0 Å². The van der Waals surface area contributed by atoms with E-state index in [0.29, 0.717) is 6.04 Å². The van der Waals surface area contributed by atoms with Crippen molar-refractivity contribution in [2.45, 2.75) is 51.4 Å². The zero-order valence-electron chi connectivity index (χ0n) is 12.5. The fraction of sp³-hybridized carbons (Fsp3) is 0.800. The van der Waals surface area contributed by atoms with Gasteiger partial charge in [-0.25, -0.2) is 0 Å². The Bertz CT molecular complexity index is 422. The van der Waals surface area contributed by atoms with Gasteiger partial charge >= 0.3 is 0 Å². The van der Waals surface area contributed by atoms with Gasteiger partial charge in [-0.3, -0.25) is 14.5 Å². The van der Waals surface area contributed by atoms with Crippen LogP contribution < -0.4 is 5.73 Å². The molecular weight excluding hydrogens is 250 g/mol. The lowest BCUT2D eigenvalue weighted by molar-refractivity contribution is 0.151. The Labute approximate surface area is 121 Å². The average Bonchev–Trinajstić information content (AvgIpc) is 3.09. The fourth-order valence-corrected chi connectivity index (χ4v) is 3.55. The molecule has 20 heavy (non-hydrogen) atoms. The van der Waals surface area contributed by atoms with Gasteiger partial charge in [-0.2, -0.15) is 5.10 Å². The average molecular weight is 277 g/mol. The highest BCUT2D eigenvalue weighted by atomic mass is 15.3. The summed E-state index contributed by atoms with van der Waals surface area (Å²) in [5.74, 6) is 0. The molecule has 112 valence electrons. The van der Waals surface area contributed by atoms with Crippen LogP contribution in [0.4, 0.5) is 0 Å². The van der Waals surface area contributed by atoms with Gasteiger partial charge in [0.2, 0.25) is 0 Å². The number of aryl methyl sites for hydroxylation is 1. The predicted molar refractivity (Wildman–Crippen MR) is 80.4 cm³/mol. The molecule has 2 N–H and O–H groups in total. The van der Waals surface area contributed by atoms with Crippen LogP contribution in [-0.4, -0.2) is 57.8 Å². The lowest BCUT2D eigenvalue weighted by Gasteiger charge is -2.34. The van der Waals surface area contributed by atoms with Gasteiger partial charge in [0.25, 0.3) is 0 Å². The molecule has 5 heteroatoms. The molecule has 0 saturated carbocycles. The van der Waals surface area contributed by atoms with Crippen LogP contribution in [0.5, 0.6) is 0 Å². The van der Waals surface area contributed by atoms with Crippen LogP contribution in [-0.2, 0) is 13.1 Å². The SMILES string of the molecule is CCn1nccc1CN1CCC(N2CCC(N)CC2)C1. The Morgan fingerprint density at radius 2 is 2.05 bits per heavy atom. The molecule has 0 aliphatic carbocycles. The topological polar surface area (TPSA) is 50.3 Å². The van der Waals surface area contributed by atoms with Gasteiger partial charge in [0, 0.05) is 44.5 Å². The zero-order chi connectivity index (χ0) is 13.9. The number of piperidine rings is 1. The third kappa shape index (κ3) is 3.05. The molecule has 0 radical (unpaired) electrons. The van der Waals surface area contributed by atoms with Crippen LogP contribution in [0.25, 0.3) is 0 Å². The van der Waals surface area contributed by atoms with Crippen LogP contribution in [0.2, 0.25) is 0 Å². The molecule has 2 fully saturated rings. The van der Waals surface area contributed by atoms with Crippen LogP contribution in [0.3, 0.4) is 0 Å². The summed E-state index contributed by atoms with van der Waals surface area (Å²) in [4.78, 5) is 5.23. The Morgan fingerprint density at radius 1 is 1.25 bits per heavy atom. The van der Waals surface area contributed by atoms with E-state index in [1.165, 1.54) is 51.1 Å².